The van der Waals surface area contributed by atoms with E-state index in [0.717, 1.165) is 35.8 Å². The highest BCUT2D eigenvalue weighted by molar-refractivity contribution is 5.78. The molecule has 2 N–H and O–H groups in total. The summed E-state index contributed by atoms with van der Waals surface area (Å²) in [7, 11) is 1.67. The zero-order valence-electron chi connectivity index (χ0n) is 18.2. The quantitative estimate of drug-likeness (QED) is 0.472. The van der Waals surface area contributed by atoms with Crippen LogP contribution < -0.4 is 20.3 Å². The van der Waals surface area contributed by atoms with Crippen LogP contribution in [-0.4, -0.2) is 48.5 Å². The molecule has 1 fully saturated rings. The van der Waals surface area contributed by atoms with Crippen LogP contribution in [0.5, 0.6) is 5.75 Å². The SMILES string of the molecule is COc1cc(N(c2cc(-c3ccccc3)on2)c2ccnc(N)n2)ccc1N1CCOCC1. The van der Waals surface area contributed by atoms with Crippen LogP contribution in [0.4, 0.5) is 29.0 Å². The van der Waals surface area contributed by atoms with Crippen molar-refractivity contribution in [2.45, 2.75) is 0 Å². The molecular weight excluding hydrogens is 420 g/mol. The van der Waals surface area contributed by atoms with Gasteiger partial charge in [0.25, 0.3) is 0 Å². The Morgan fingerprint density at radius 1 is 1.00 bits per heavy atom. The first kappa shape index (κ1) is 20.8. The van der Waals surface area contributed by atoms with E-state index in [4.69, 9.17) is 19.7 Å². The Morgan fingerprint density at radius 2 is 1.82 bits per heavy atom. The van der Waals surface area contributed by atoms with Crippen molar-refractivity contribution in [3.63, 3.8) is 0 Å². The average molecular weight is 444 g/mol. The number of benzene rings is 2. The number of anilines is 5. The lowest BCUT2D eigenvalue weighted by molar-refractivity contribution is 0.122. The smallest absolute Gasteiger partial charge is 0.221 e. The number of methoxy groups -OCH3 is 1. The summed E-state index contributed by atoms with van der Waals surface area (Å²) >= 11 is 0. The molecule has 4 aromatic rings. The van der Waals surface area contributed by atoms with Crippen molar-refractivity contribution in [1.82, 2.24) is 15.1 Å². The summed E-state index contributed by atoms with van der Waals surface area (Å²) in [6, 6.07) is 19.4. The van der Waals surface area contributed by atoms with Gasteiger partial charge in [-0.1, -0.05) is 35.5 Å². The van der Waals surface area contributed by atoms with E-state index in [1.165, 1.54) is 0 Å². The highest BCUT2D eigenvalue weighted by Crippen LogP contribution is 2.39. The van der Waals surface area contributed by atoms with Gasteiger partial charge in [-0.05, 0) is 18.2 Å². The van der Waals surface area contributed by atoms with Gasteiger partial charge in [-0.3, -0.25) is 4.90 Å². The van der Waals surface area contributed by atoms with Crippen LogP contribution in [0.15, 0.2) is 71.4 Å². The summed E-state index contributed by atoms with van der Waals surface area (Å²) in [5, 5.41) is 4.33. The van der Waals surface area contributed by atoms with E-state index >= 15 is 0 Å². The molecule has 3 heterocycles. The Morgan fingerprint density at radius 3 is 2.58 bits per heavy atom. The molecule has 0 bridgehead atoms. The molecule has 2 aromatic heterocycles. The summed E-state index contributed by atoms with van der Waals surface area (Å²) in [4.78, 5) is 12.6. The number of morpholine rings is 1. The van der Waals surface area contributed by atoms with Crippen molar-refractivity contribution >= 4 is 29.0 Å². The summed E-state index contributed by atoms with van der Waals surface area (Å²) in [5.74, 6) is 2.69. The fourth-order valence-corrected chi connectivity index (χ4v) is 3.85. The largest absolute Gasteiger partial charge is 0.495 e. The predicted octanol–water partition coefficient (Wildman–Crippen LogP) is 4.03. The molecule has 9 nitrogen and oxygen atoms in total. The molecule has 0 aliphatic carbocycles. The number of hydrogen-bond donors (Lipinski definition) is 1. The zero-order chi connectivity index (χ0) is 22.6. The van der Waals surface area contributed by atoms with Crippen molar-refractivity contribution in [3.05, 3.63) is 66.9 Å². The summed E-state index contributed by atoms with van der Waals surface area (Å²) < 4.78 is 16.9. The Bertz CT molecular complexity index is 1220. The van der Waals surface area contributed by atoms with Crippen LogP contribution in [0.2, 0.25) is 0 Å². The fraction of sp³-hybridized carbons (Fsp3) is 0.208. The molecule has 0 amide bonds. The molecule has 5 rings (SSSR count). The molecule has 0 radical (unpaired) electrons. The third-order valence-electron chi connectivity index (χ3n) is 5.45. The number of rotatable bonds is 6. The second-order valence-corrected chi connectivity index (χ2v) is 7.48. The number of ether oxygens (including phenoxy) is 2. The summed E-state index contributed by atoms with van der Waals surface area (Å²) in [6.07, 6.45) is 1.61. The van der Waals surface area contributed by atoms with Gasteiger partial charge in [-0.2, -0.15) is 4.98 Å². The molecular formula is C24H24N6O3. The van der Waals surface area contributed by atoms with Crippen molar-refractivity contribution < 1.29 is 14.0 Å². The van der Waals surface area contributed by atoms with Crippen LogP contribution in [0.25, 0.3) is 11.3 Å². The lowest BCUT2D eigenvalue weighted by atomic mass is 10.1. The van der Waals surface area contributed by atoms with Crippen LogP contribution in [0, 0.1) is 0 Å². The highest BCUT2D eigenvalue weighted by atomic mass is 16.5. The highest BCUT2D eigenvalue weighted by Gasteiger charge is 2.22. The summed E-state index contributed by atoms with van der Waals surface area (Å²) in [6.45, 7) is 3.01. The Hall–Kier alpha value is -4.11. The van der Waals surface area contributed by atoms with Crippen molar-refractivity contribution in [2.24, 2.45) is 0 Å². The lowest BCUT2D eigenvalue weighted by Crippen LogP contribution is -2.36. The average Bonchev–Trinajstić information content (AvgIpc) is 3.35. The number of aromatic nitrogens is 3. The number of nitrogens with two attached hydrogens (primary N) is 1. The molecule has 168 valence electrons. The van der Waals surface area contributed by atoms with E-state index < -0.39 is 0 Å². The van der Waals surface area contributed by atoms with Crippen molar-refractivity contribution in [3.8, 4) is 17.1 Å². The third kappa shape index (κ3) is 4.31. The molecule has 9 heteroatoms. The van der Waals surface area contributed by atoms with E-state index in [-0.39, 0.29) is 5.95 Å². The van der Waals surface area contributed by atoms with Gasteiger partial charge < -0.3 is 24.6 Å². The Labute approximate surface area is 191 Å². The van der Waals surface area contributed by atoms with E-state index in [1.54, 1.807) is 19.4 Å². The molecule has 1 aliphatic rings. The van der Waals surface area contributed by atoms with Gasteiger partial charge in [0.15, 0.2) is 11.6 Å². The predicted molar refractivity (Wildman–Crippen MR) is 126 cm³/mol. The molecule has 0 spiro atoms. The molecule has 0 unspecified atom stereocenters. The minimum absolute atomic E-state index is 0.168. The second-order valence-electron chi connectivity index (χ2n) is 7.48. The van der Waals surface area contributed by atoms with Gasteiger partial charge in [0.2, 0.25) is 5.95 Å². The maximum atomic E-state index is 5.89. The van der Waals surface area contributed by atoms with Gasteiger partial charge in [0.05, 0.1) is 31.7 Å². The van der Waals surface area contributed by atoms with Crippen LogP contribution in [0.1, 0.15) is 0 Å². The van der Waals surface area contributed by atoms with Gasteiger partial charge in [-0.25, -0.2) is 4.98 Å². The van der Waals surface area contributed by atoms with E-state index in [2.05, 4.69) is 20.0 Å². The normalized spacial score (nSPS) is 13.7. The van der Waals surface area contributed by atoms with Crippen molar-refractivity contribution in [2.75, 3.05) is 48.9 Å². The minimum atomic E-state index is 0.168. The maximum absolute atomic E-state index is 5.89. The standard InChI is InChI=1S/C24H24N6O3/c1-31-21-15-18(7-8-19(21)29-11-13-32-14-12-29)30(22-9-10-26-24(25)27-22)23-16-20(33-28-23)17-5-3-2-4-6-17/h2-10,15-16H,11-14H2,1H3,(H2,25,26,27). The van der Waals surface area contributed by atoms with Crippen molar-refractivity contribution in [1.29, 1.82) is 0 Å². The van der Waals surface area contributed by atoms with E-state index in [0.29, 0.717) is 30.6 Å². The first-order chi connectivity index (χ1) is 16.2. The maximum Gasteiger partial charge on any atom is 0.221 e. The van der Waals surface area contributed by atoms with Crippen LogP contribution >= 0.6 is 0 Å². The lowest BCUT2D eigenvalue weighted by Gasteiger charge is -2.31. The second kappa shape index (κ2) is 9.17. The minimum Gasteiger partial charge on any atom is -0.495 e. The summed E-state index contributed by atoms with van der Waals surface area (Å²) in [5.41, 5.74) is 8.63. The van der Waals surface area contributed by atoms with Crippen LogP contribution in [-0.2, 0) is 4.74 Å². The van der Waals surface area contributed by atoms with Gasteiger partial charge in [0.1, 0.15) is 11.6 Å². The topological polar surface area (TPSA) is 103 Å². The monoisotopic (exact) mass is 444 g/mol. The number of nitrogen functional groups attached to an aromatic ring is 1. The fourth-order valence-electron chi connectivity index (χ4n) is 3.85. The molecule has 0 saturated carbocycles. The molecule has 33 heavy (non-hydrogen) atoms. The molecule has 0 atom stereocenters. The first-order valence-corrected chi connectivity index (χ1v) is 10.6. The third-order valence-corrected chi connectivity index (χ3v) is 5.45. The number of nitrogens with zero attached hydrogens (tertiary/aromatic N) is 5. The molecule has 2 aromatic carbocycles. The van der Waals surface area contributed by atoms with Crippen LogP contribution in [0.3, 0.4) is 0 Å². The zero-order valence-corrected chi connectivity index (χ0v) is 18.2. The number of hydrogen-bond acceptors (Lipinski definition) is 9. The molecule has 1 saturated heterocycles. The Kier molecular flexibility index (Phi) is 5.77. The van der Waals surface area contributed by atoms with E-state index in [9.17, 15) is 0 Å². The van der Waals surface area contributed by atoms with E-state index in [1.807, 2.05) is 59.5 Å². The Balaban J connectivity index is 1.57. The van der Waals surface area contributed by atoms with Gasteiger partial charge in [0, 0.05) is 37.0 Å². The van der Waals surface area contributed by atoms with Gasteiger partial charge in [-0.15, -0.1) is 0 Å². The first-order valence-electron chi connectivity index (χ1n) is 10.6. The van der Waals surface area contributed by atoms with Gasteiger partial charge >= 0.3 is 0 Å². The molecule has 1 aliphatic heterocycles.